The van der Waals surface area contributed by atoms with Crippen molar-refractivity contribution < 1.29 is 19.2 Å². The van der Waals surface area contributed by atoms with Crippen molar-refractivity contribution >= 4 is 11.6 Å². The maximum Gasteiger partial charge on any atom is 0.286 e. The number of benzene rings is 2. The van der Waals surface area contributed by atoms with Gasteiger partial charge < -0.3 is 14.8 Å². The van der Waals surface area contributed by atoms with Gasteiger partial charge in [0.1, 0.15) is 5.56 Å². The van der Waals surface area contributed by atoms with E-state index in [1.807, 2.05) is 36.5 Å². The van der Waals surface area contributed by atoms with Gasteiger partial charge >= 0.3 is 0 Å². The molecular formula is C20H20N4O5. The maximum absolute atomic E-state index is 12.6. The first kappa shape index (κ1) is 19.9. The summed E-state index contributed by atoms with van der Waals surface area (Å²) in [6.07, 6.45) is 3.52. The monoisotopic (exact) mass is 396 g/mol. The van der Waals surface area contributed by atoms with E-state index in [9.17, 15) is 14.9 Å². The normalized spacial score (nSPS) is 10.4. The Morgan fingerprint density at radius 1 is 1.24 bits per heavy atom. The lowest BCUT2D eigenvalue weighted by Gasteiger charge is -2.12. The summed E-state index contributed by atoms with van der Waals surface area (Å²) in [5.74, 6) is -0.102. The summed E-state index contributed by atoms with van der Waals surface area (Å²) in [5.41, 5.74) is 1.29. The predicted octanol–water partition coefficient (Wildman–Crippen LogP) is 3.12. The molecule has 0 unspecified atom stereocenters. The molecule has 3 aromatic rings. The number of hydrogen-bond donors (Lipinski definition) is 1. The predicted molar refractivity (Wildman–Crippen MR) is 106 cm³/mol. The quantitative estimate of drug-likeness (QED) is 0.463. The fourth-order valence-electron chi connectivity index (χ4n) is 2.78. The van der Waals surface area contributed by atoms with Crippen LogP contribution in [0.1, 0.15) is 22.8 Å². The van der Waals surface area contributed by atoms with E-state index in [1.165, 1.54) is 19.2 Å². The van der Waals surface area contributed by atoms with Crippen LogP contribution in [0.25, 0.3) is 5.69 Å². The van der Waals surface area contributed by atoms with Crippen molar-refractivity contribution in [1.82, 2.24) is 15.1 Å². The Hall–Kier alpha value is -3.88. The topological polar surface area (TPSA) is 109 Å². The largest absolute Gasteiger partial charge is 0.493 e. The molecule has 2 aromatic carbocycles. The van der Waals surface area contributed by atoms with E-state index in [0.29, 0.717) is 6.61 Å². The minimum Gasteiger partial charge on any atom is -0.493 e. The molecule has 0 saturated carbocycles. The molecule has 1 amide bonds. The van der Waals surface area contributed by atoms with E-state index >= 15 is 0 Å². The van der Waals surface area contributed by atoms with Crippen molar-refractivity contribution in [2.24, 2.45) is 0 Å². The number of ether oxygens (including phenoxy) is 2. The van der Waals surface area contributed by atoms with Crippen LogP contribution in [0.15, 0.2) is 54.9 Å². The molecule has 0 atom stereocenters. The first-order chi connectivity index (χ1) is 14.0. The molecule has 3 rings (SSSR count). The van der Waals surface area contributed by atoms with Crippen molar-refractivity contribution in [2.45, 2.75) is 13.5 Å². The summed E-state index contributed by atoms with van der Waals surface area (Å²) in [5, 5.41) is 18.3. The molecule has 0 aliphatic rings. The van der Waals surface area contributed by atoms with Crippen LogP contribution in [0.2, 0.25) is 0 Å². The van der Waals surface area contributed by atoms with Crippen LogP contribution >= 0.6 is 0 Å². The smallest absolute Gasteiger partial charge is 0.286 e. The Morgan fingerprint density at radius 3 is 2.59 bits per heavy atom. The van der Waals surface area contributed by atoms with Crippen molar-refractivity contribution in [3.05, 3.63) is 76.1 Å². The SMILES string of the molecule is CCOc1cc(C(=O)NCc2ccc(-n3cccn3)cc2)c([N+](=O)[O-])cc1OC. The van der Waals surface area contributed by atoms with E-state index in [1.54, 1.807) is 17.8 Å². The molecular weight excluding hydrogens is 376 g/mol. The van der Waals surface area contributed by atoms with Crippen molar-refractivity contribution in [1.29, 1.82) is 0 Å². The Balaban J connectivity index is 1.77. The number of aromatic nitrogens is 2. The van der Waals surface area contributed by atoms with Crippen LogP contribution in [0, 0.1) is 10.1 Å². The first-order valence-electron chi connectivity index (χ1n) is 8.90. The zero-order valence-corrected chi connectivity index (χ0v) is 16.0. The molecule has 0 saturated heterocycles. The molecule has 0 spiro atoms. The number of carbonyl (C=O) groups is 1. The molecule has 0 radical (unpaired) electrons. The minimum absolute atomic E-state index is 0.0904. The Labute approximate surface area is 167 Å². The van der Waals surface area contributed by atoms with Crippen molar-refractivity contribution in [2.75, 3.05) is 13.7 Å². The zero-order valence-electron chi connectivity index (χ0n) is 16.0. The van der Waals surface area contributed by atoms with Gasteiger partial charge in [-0.15, -0.1) is 0 Å². The fourth-order valence-corrected chi connectivity index (χ4v) is 2.78. The van der Waals surface area contributed by atoms with Gasteiger partial charge in [0.15, 0.2) is 11.5 Å². The van der Waals surface area contributed by atoms with E-state index < -0.39 is 10.8 Å². The highest BCUT2D eigenvalue weighted by Crippen LogP contribution is 2.34. The van der Waals surface area contributed by atoms with Gasteiger partial charge in [0, 0.05) is 25.0 Å². The van der Waals surface area contributed by atoms with Gasteiger partial charge in [-0.05, 0) is 30.7 Å². The second-order valence-electron chi connectivity index (χ2n) is 6.01. The average Bonchev–Trinajstić information content (AvgIpc) is 3.27. The molecule has 0 fully saturated rings. The van der Waals surface area contributed by atoms with Gasteiger partial charge in [0.2, 0.25) is 0 Å². The minimum atomic E-state index is -0.619. The third-order valence-corrected chi connectivity index (χ3v) is 4.18. The molecule has 9 nitrogen and oxygen atoms in total. The highest BCUT2D eigenvalue weighted by atomic mass is 16.6. The third kappa shape index (κ3) is 4.52. The molecule has 29 heavy (non-hydrogen) atoms. The van der Waals surface area contributed by atoms with Gasteiger partial charge in [-0.25, -0.2) is 4.68 Å². The molecule has 9 heteroatoms. The summed E-state index contributed by atoms with van der Waals surface area (Å²) in [6, 6.07) is 11.8. The number of methoxy groups -OCH3 is 1. The van der Waals surface area contributed by atoms with Gasteiger partial charge in [0.05, 0.1) is 30.4 Å². The molecule has 0 aliphatic carbocycles. The van der Waals surface area contributed by atoms with E-state index in [4.69, 9.17) is 9.47 Å². The lowest BCUT2D eigenvalue weighted by molar-refractivity contribution is -0.385. The van der Waals surface area contributed by atoms with E-state index in [0.717, 1.165) is 11.3 Å². The maximum atomic E-state index is 12.6. The average molecular weight is 396 g/mol. The lowest BCUT2D eigenvalue weighted by Crippen LogP contribution is -2.24. The Kier molecular flexibility index (Phi) is 6.08. The first-order valence-corrected chi connectivity index (χ1v) is 8.90. The number of nitro benzene ring substituents is 1. The van der Waals surface area contributed by atoms with Gasteiger partial charge in [-0.2, -0.15) is 5.10 Å². The Morgan fingerprint density at radius 2 is 2.00 bits per heavy atom. The molecule has 150 valence electrons. The van der Waals surface area contributed by atoms with Crippen molar-refractivity contribution in [3.63, 3.8) is 0 Å². The summed E-state index contributed by atoms with van der Waals surface area (Å²) in [6.45, 7) is 2.32. The summed E-state index contributed by atoms with van der Waals surface area (Å²) < 4.78 is 12.3. The molecule has 1 aromatic heterocycles. The van der Waals surface area contributed by atoms with Crippen LogP contribution in [0.4, 0.5) is 5.69 Å². The number of nitro groups is 1. The summed E-state index contributed by atoms with van der Waals surface area (Å²) >= 11 is 0. The van der Waals surface area contributed by atoms with Crippen LogP contribution in [0.3, 0.4) is 0 Å². The summed E-state index contributed by atoms with van der Waals surface area (Å²) in [7, 11) is 1.38. The third-order valence-electron chi connectivity index (χ3n) is 4.18. The highest BCUT2D eigenvalue weighted by Gasteiger charge is 2.24. The molecule has 1 N–H and O–H groups in total. The molecule has 0 aliphatic heterocycles. The zero-order chi connectivity index (χ0) is 20.8. The second kappa shape index (κ2) is 8.87. The number of nitrogens with zero attached hydrogens (tertiary/aromatic N) is 3. The van der Waals surface area contributed by atoms with Gasteiger partial charge in [0.25, 0.3) is 11.6 Å². The lowest BCUT2D eigenvalue weighted by atomic mass is 10.1. The fraction of sp³-hybridized carbons (Fsp3) is 0.200. The standard InChI is InChI=1S/C20H20N4O5/c1-3-29-19-11-16(17(24(26)27)12-18(19)28-2)20(25)21-13-14-5-7-15(8-6-14)23-10-4-9-22-23/h4-12H,3,13H2,1-2H3,(H,21,25). The van der Waals surface area contributed by atoms with Crippen LogP contribution in [-0.2, 0) is 6.54 Å². The number of rotatable bonds is 8. The highest BCUT2D eigenvalue weighted by molar-refractivity contribution is 5.99. The van der Waals surface area contributed by atoms with Crippen LogP contribution in [0.5, 0.6) is 11.5 Å². The number of hydrogen-bond acceptors (Lipinski definition) is 6. The van der Waals surface area contributed by atoms with E-state index in [2.05, 4.69) is 10.4 Å². The van der Waals surface area contributed by atoms with Crippen LogP contribution < -0.4 is 14.8 Å². The summed E-state index contributed by atoms with van der Waals surface area (Å²) in [4.78, 5) is 23.4. The van der Waals surface area contributed by atoms with Gasteiger partial charge in [-0.3, -0.25) is 14.9 Å². The van der Waals surface area contributed by atoms with E-state index in [-0.39, 0.29) is 29.3 Å². The molecule has 1 heterocycles. The van der Waals surface area contributed by atoms with Crippen LogP contribution in [-0.4, -0.2) is 34.3 Å². The van der Waals surface area contributed by atoms with Gasteiger partial charge in [-0.1, -0.05) is 12.1 Å². The molecule has 0 bridgehead atoms. The number of amides is 1. The van der Waals surface area contributed by atoms with Crippen molar-refractivity contribution in [3.8, 4) is 17.2 Å². The Bertz CT molecular complexity index is 1000. The number of carbonyl (C=O) groups excluding carboxylic acids is 1. The number of nitrogens with one attached hydrogen (secondary N) is 1. The second-order valence-corrected chi connectivity index (χ2v) is 6.01.